The van der Waals surface area contributed by atoms with Gasteiger partial charge >= 0.3 is 0 Å². The maximum absolute atomic E-state index is 12.1. The van der Waals surface area contributed by atoms with Crippen LogP contribution in [-0.4, -0.2) is 26.3 Å². The summed E-state index contributed by atoms with van der Waals surface area (Å²) in [6.07, 6.45) is 0. The third-order valence-corrected chi connectivity index (χ3v) is 3.90. The van der Waals surface area contributed by atoms with E-state index in [0.29, 0.717) is 5.56 Å². The molecule has 4 N–H and O–H groups in total. The topological polar surface area (TPSA) is 118 Å². The van der Waals surface area contributed by atoms with Crippen LogP contribution in [0.3, 0.4) is 0 Å². The normalized spacial score (nSPS) is 12.7. The molecule has 1 aromatic carbocycles. The van der Waals surface area contributed by atoms with Gasteiger partial charge in [0.1, 0.15) is 6.04 Å². The third-order valence-electron chi connectivity index (χ3n) is 3.17. The lowest BCUT2D eigenvalue weighted by molar-refractivity contribution is -0.129. The molecule has 0 saturated carbocycles. The first kappa shape index (κ1) is 19.1. The van der Waals surface area contributed by atoms with E-state index in [2.05, 4.69) is 10.6 Å². The number of nitrogens with one attached hydrogen (secondary N) is 2. The molecule has 0 saturated heterocycles. The first-order valence-electron chi connectivity index (χ1n) is 7.21. The molecule has 2 amide bonds. The van der Waals surface area contributed by atoms with Gasteiger partial charge in [0.05, 0.1) is 5.75 Å². The molecule has 0 aliphatic rings. The van der Waals surface area contributed by atoms with E-state index in [0.717, 1.165) is 5.56 Å². The molecule has 0 radical (unpaired) electrons. The third kappa shape index (κ3) is 7.25. The minimum atomic E-state index is -3.56. The molecular formula is C15H23N3O4S. The summed E-state index contributed by atoms with van der Waals surface area (Å²) in [6.45, 7) is 5.36. The zero-order valence-corrected chi connectivity index (χ0v) is 14.3. The van der Waals surface area contributed by atoms with Gasteiger partial charge in [-0.25, -0.2) is 13.6 Å². The lowest BCUT2D eigenvalue weighted by Crippen LogP contribution is -2.48. The van der Waals surface area contributed by atoms with Crippen molar-refractivity contribution in [3.63, 3.8) is 0 Å². The first-order valence-corrected chi connectivity index (χ1v) is 8.93. The Labute approximate surface area is 136 Å². The number of benzene rings is 1. The highest BCUT2D eigenvalue weighted by Gasteiger charge is 2.22. The maximum Gasteiger partial charge on any atom is 0.243 e. The number of amides is 2. The number of hydrogen-bond donors (Lipinski definition) is 3. The van der Waals surface area contributed by atoms with Crippen molar-refractivity contribution in [1.82, 2.24) is 10.6 Å². The molecule has 0 bridgehead atoms. The van der Waals surface area contributed by atoms with E-state index in [4.69, 9.17) is 5.14 Å². The molecule has 0 aliphatic carbocycles. The second-order valence-corrected chi connectivity index (χ2v) is 7.38. The predicted molar refractivity (Wildman–Crippen MR) is 87.5 cm³/mol. The summed E-state index contributed by atoms with van der Waals surface area (Å²) in [4.78, 5) is 23.3. The number of sulfonamides is 1. The van der Waals surface area contributed by atoms with Gasteiger partial charge in [-0.15, -0.1) is 0 Å². The average Bonchev–Trinajstić information content (AvgIpc) is 2.41. The van der Waals surface area contributed by atoms with E-state index in [1.165, 1.54) is 6.92 Å². The van der Waals surface area contributed by atoms with E-state index >= 15 is 0 Å². The molecule has 0 heterocycles. The number of nitrogens with two attached hydrogens (primary N) is 1. The van der Waals surface area contributed by atoms with Crippen LogP contribution in [-0.2, 0) is 31.9 Å². The van der Waals surface area contributed by atoms with Crippen molar-refractivity contribution in [2.24, 2.45) is 11.1 Å². The molecule has 1 aromatic rings. The highest BCUT2D eigenvalue weighted by atomic mass is 32.2. The summed E-state index contributed by atoms with van der Waals surface area (Å²) in [5.41, 5.74) is 1.41. The summed E-state index contributed by atoms with van der Waals surface area (Å²) in [5.74, 6) is -0.775. The predicted octanol–water partition coefficient (Wildman–Crippen LogP) is 0.252. The fourth-order valence-corrected chi connectivity index (χ4v) is 2.70. The van der Waals surface area contributed by atoms with Crippen LogP contribution in [0.2, 0.25) is 0 Å². The molecule has 1 unspecified atom stereocenters. The molecule has 1 atom stereocenters. The van der Waals surface area contributed by atoms with Gasteiger partial charge in [0.15, 0.2) is 0 Å². The van der Waals surface area contributed by atoms with Crippen LogP contribution < -0.4 is 15.8 Å². The van der Waals surface area contributed by atoms with E-state index in [-0.39, 0.29) is 30.0 Å². The van der Waals surface area contributed by atoms with Crippen LogP contribution in [0, 0.1) is 5.92 Å². The molecule has 8 heteroatoms. The summed E-state index contributed by atoms with van der Waals surface area (Å²) in [6, 6.07) is 6.17. The maximum atomic E-state index is 12.1. The van der Waals surface area contributed by atoms with E-state index < -0.39 is 16.1 Å². The minimum absolute atomic E-state index is 0.0314. The molecule has 0 aromatic heterocycles. The zero-order valence-electron chi connectivity index (χ0n) is 13.5. The van der Waals surface area contributed by atoms with Crippen molar-refractivity contribution >= 4 is 21.8 Å². The van der Waals surface area contributed by atoms with Gasteiger partial charge in [-0.3, -0.25) is 9.59 Å². The zero-order chi connectivity index (χ0) is 17.6. The minimum Gasteiger partial charge on any atom is -0.350 e. The van der Waals surface area contributed by atoms with Crippen molar-refractivity contribution in [3.05, 3.63) is 35.4 Å². The monoisotopic (exact) mass is 341 g/mol. The fraction of sp³-hybridized carbons (Fsp3) is 0.467. The number of hydrogen-bond acceptors (Lipinski definition) is 4. The van der Waals surface area contributed by atoms with Gasteiger partial charge in [0, 0.05) is 13.5 Å². The lowest BCUT2D eigenvalue weighted by Gasteiger charge is -2.21. The van der Waals surface area contributed by atoms with Crippen molar-refractivity contribution in [3.8, 4) is 0 Å². The van der Waals surface area contributed by atoms with Crippen LogP contribution in [0.4, 0.5) is 0 Å². The Balaban J connectivity index is 2.63. The standard InChI is InChI=1S/C15H23N3O4S/c1-10(2)14(18-11(3)19)15(20)17-8-12-4-6-13(7-5-12)9-23(16,21)22/h4-7,10,14H,8-9H2,1-3H3,(H,17,20)(H,18,19)(H2,16,21,22). The number of primary sulfonamides is 1. The Kier molecular flexibility index (Phi) is 6.71. The Morgan fingerprint density at radius 3 is 2.09 bits per heavy atom. The molecule has 7 nitrogen and oxygen atoms in total. The second kappa shape index (κ2) is 8.07. The smallest absolute Gasteiger partial charge is 0.243 e. The van der Waals surface area contributed by atoms with Gasteiger partial charge in [0.25, 0.3) is 0 Å². The largest absolute Gasteiger partial charge is 0.350 e. The molecule has 0 spiro atoms. The van der Waals surface area contributed by atoms with E-state index in [1.807, 2.05) is 13.8 Å². The SMILES string of the molecule is CC(=O)NC(C(=O)NCc1ccc(CS(N)(=O)=O)cc1)C(C)C. The first-order chi connectivity index (χ1) is 10.6. The van der Waals surface area contributed by atoms with Crippen molar-refractivity contribution in [2.45, 2.75) is 39.1 Å². The van der Waals surface area contributed by atoms with E-state index in [9.17, 15) is 18.0 Å². The number of rotatable bonds is 7. The fourth-order valence-electron chi connectivity index (χ4n) is 2.04. The lowest BCUT2D eigenvalue weighted by atomic mass is 10.0. The summed E-state index contributed by atoms with van der Waals surface area (Å²) < 4.78 is 22.0. The summed E-state index contributed by atoms with van der Waals surface area (Å²) >= 11 is 0. The van der Waals surface area contributed by atoms with Crippen molar-refractivity contribution < 1.29 is 18.0 Å². The molecular weight excluding hydrogens is 318 g/mol. The van der Waals surface area contributed by atoms with Crippen LogP contribution in [0.5, 0.6) is 0 Å². The van der Waals surface area contributed by atoms with Gasteiger partial charge in [-0.1, -0.05) is 38.1 Å². The molecule has 23 heavy (non-hydrogen) atoms. The highest BCUT2D eigenvalue weighted by molar-refractivity contribution is 7.88. The molecule has 0 fully saturated rings. The van der Waals surface area contributed by atoms with Gasteiger partial charge < -0.3 is 10.6 Å². The van der Waals surface area contributed by atoms with Crippen molar-refractivity contribution in [1.29, 1.82) is 0 Å². The van der Waals surface area contributed by atoms with Gasteiger partial charge in [-0.05, 0) is 17.0 Å². The molecule has 1 rings (SSSR count). The van der Waals surface area contributed by atoms with Gasteiger partial charge in [-0.2, -0.15) is 0 Å². The Morgan fingerprint density at radius 2 is 1.65 bits per heavy atom. The second-order valence-electron chi connectivity index (χ2n) is 5.76. The van der Waals surface area contributed by atoms with Crippen LogP contribution in [0.25, 0.3) is 0 Å². The number of carbonyl (C=O) groups is 2. The van der Waals surface area contributed by atoms with Crippen molar-refractivity contribution in [2.75, 3.05) is 0 Å². The Morgan fingerprint density at radius 1 is 1.13 bits per heavy atom. The quantitative estimate of drug-likeness (QED) is 0.659. The molecule has 0 aliphatic heterocycles. The van der Waals surface area contributed by atoms with Gasteiger partial charge in [0.2, 0.25) is 21.8 Å². The number of carbonyl (C=O) groups excluding carboxylic acids is 2. The summed E-state index contributed by atoms with van der Waals surface area (Å²) in [7, 11) is -3.56. The Bertz CT molecular complexity index is 654. The van der Waals surface area contributed by atoms with Crippen LogP contribution in [0.15, 0.2) is 24.3 Å². The highest BCUT2D eigenvalue weighted by Crippen LogP contribution is 2.08. The summed E-state index contributed by atoms with van der Waals surface area (Å²) in [5, 5.41) is 10.4. The van der Waals surface area contributed by atoms with E-state index in [1.54, 1.807) is 24.3 Å². The van der Waals surface area contributed by atoms with Crippen LogP contribution in [0.1, 0.15) is 31.9 Å². The Hall–Kier alpha value is -1.93. The molecule has 128 valence electrons. The van der Waals surface area contributed by atoms with Crippen LogP contribution >= 0.6 is 0 Å². The average molecular weight is 341 g/mol.